The molecular formula is C18H17ClN2O3. The first-order valence-electron chi connectivity index (χ1n) is 7.56. The molecule has 1 N–H and O–H groups in total. The van der Waals surface area contributed by atoms with Gasteiger partial charge in [-0.3, -0.25) is 9.36 Å². The van der Waals surface area contributed by atoms with Crippen molar-refractivity contribution < 1.29 is 9.84 Å². The van der Waals surface area contributed by atoms with Crippen LogP contribution < -0.4 is 10.3 Å². The molecule has 2 aromatic carbocycles. The highest BCUT2D eigenvalue weighted by Gasteiger charge is 2.11. The Bertz CT molecular complexity index is 924. The van der Waals surface area contributed by atoms with E-state index in [2.05, 4.69) is 4.98 Å². The van der Waals surface area contributed by atoms with E-state index in [1.54, 1.807) is 18.2 Å². The molecule has 0 spiro atoms. The average molecular weight is 345 g/mol. The number of fused-ring (bicyclic) bond motifs is 1. The molecule has 5 nitrogen and oxygen atoms in total. The Balaban J connectivity index is 1.73. The Morgan fingerprint density at radius 1 is 1.29 bits per heavy atom. The smallest absolute Gasteiger partial charge is 0.261 e. The molecule has 1 heterocycles. The Kier molecular flexibility index (Phi) is 4.83. The van der Waals surface area contributed by atoms with Crippen molar-refractivity contribution in [1.82, 2.24) is 9.55 Å². The van der Waals surface area contributed by atoms with Crippen molar-refractivity contribution in [2.75, 3.05) is 6.61 Å². The van der Waals surface area contributed by atoms with Crippen molar-refractivity contribution in [1.29, 1.82) is 0 Å². The molecular weight excluding hydrogens is 328 g/mol. The fraction of sp³-hybridized carbons (Fsp3) is 0.222. The van der Waals surface area contributed by atoms with Gasteiger partial charge in [0.05, 0.1) is 23.8 Å². The number of aliphatic hydroxyl groups excluding tert-OH is 1. The molecule has 6 heteroatoms. The molecule has 1 unspecified atom stereocenters. The van der Waals surface area contributed by atoms with Crippen LogP contribution in [0, 0.1) is 6.92 Å². The van der Waals surface area contributed by atoms with Crippen molar-refractivity contribution in [3.05, 3.63) is 69.7 Å². The number of hydrogen-bond donors (Lipinski definition) is 1. The first kappa shape index (κ1) is 16.5. The molecule has 0 saturated heterocycles. The lowest BCUT2D eigenvalue weighted by atomic mass is 10.2. The Morgan fingerprint density at radius 3 is 2.88 bits per heavy atom. The maximum absolute atomic E-state index is 12.5. The van der Waals surface area contributed by atoms with Crippen LogP contribution in [-0.4, -0.2) is 27.4 Å². The normalized spacial score (nSPS) is 12.3. The SMILES string of the molecule is Cc1ccccc1OCC(O)Cn1cnc2ccc(Cl)cc2c1=O. The highest BCUT2D eigenvalue weighted by molar-refractivity contribution is 6.31. The Morgan fingerprint density at radius 2 is 2.08 bits per heavy atom. The number of benzene rings is 2. The van der Waals surface area contributed by atoms with Gasteiger partial charge in [-0.1, -0.05) is 29.8 Å². The monoisotopic (exact) mass is 344 g/mol. The standard InChI is InChI=1S/C18H17ClN2O3/c1-12-4-2-3-5-17(12)24-10-14(22)9-21-11-20-16-7-6-13(19)8-15(16)18(21)23/h2-8,11,14,22H,9-10H2,1H3. The molecule has 0 saturated carbocycles. The third kappa shape index (κ3) is 3.58. The second-order valence-electron chi connectivity index (χ2n) is 5.59. The lowest BCUT2D eigenvalue weighted by Gasteiger charge is -2.15. The van der Waals surface area contributed by atoms with E-state index in [0.717, 1.165) is 5.56 Å². The summed E-state index contributed by atoms with van der Waals surface area (Å²) in [7, 11) is 0. The molecule has 0 aliphatic carbocycles. The quantitative estimate of drug-likeness (QED) is 0.773. The second-order valence-corrected chi connectivity index (χ2v) is 6.03. The molecule has 0 aliphatic rings. The molecule has 3 rings (SSSR count). The molecule has 0 amide bonds. The van der Waals surface area contributed by atoms with Crippen LogP contribution in [0.3, 0.4) is 0 Å². The van der Waals surface area contributed by atoms with Crippen molar-refractivity contribution in [3.8, 4) is 5.75 Å². The van der Waals surface area contributed by atoms with Gasteiger partial charge in [-0.05, 0) is 36.8 Å². The van der Waals surface area contributed by atoms with Crippen molar-refractivity contribution in [3.63, 3.8) is 0 Å². The van der Waals surface area contributed by atoms with Gasteiger partial charge in [0.1, 0.15) is 18.5 Å². The van der Waals surface area contributed by atoms with E-state index in [1.165, 1.54) is 10.9 Å². The largest absolute Gasteiger partial charge is 0.491 e. The lowest BCUT2D eigenvalue weighted by molar-refractivity contribution is 0.0911. The summed E-state index contributed by atoms with van der Waals surface area (Å²) in [6.07, 6.45) is 0.594. The van der Waals surface area contributed by atoms with Gasteiger partial charge in [-0.2, -0.15) is 0 Å². The average Bonchev–Trinajstić information content (AvgIpc) is 2.57. The molecule has 24 heavy (non-hydrogen) atoms. The summed E-state index contributed by atoms with van der Waals surface area (Å²) in [4.78, 5) is 16.7. The lowest BCUT2D eigenvalue weighted by Crippen LogP contribution is -2.30. The number of ether oxygens (including phenoxy) is 1. The number of aryl methyl sites for hydroxylation is 1. The van der Waals surface area contributed by atoms with Gasteiger partial charge in [0.25, 0.3) is 5.56 Å². The van der Waals surface area contributed by atoms with Crippen molar-refractivity contribution >= 4 is 22.5 Å². The van der Waals surface area contributed by atoms with E-state index in [-0.39, 0.29) is 18.7 Å². The van der Waals surface area contributed by atoms with Gasteiger partial charge in [0.15, 0.2) is 0 Å². The number of hydrogen-bond acceptors (Lipinski definition) is 4. The van der Waals surface area contributed by atoms with Gasteiger partial charge in [0, 0.05) is 5.02 Å². The van der Waals surface area contributed by atoms with Gasteiger partial charge < -0.3 is 9.84 Å². The number of aliphatic hydroxyl groups is 1. The maximum Gasteiger partial charge on any atom is 0.261 e. The summed E-state index contributed by atoms with van der Waals surface area (Å²) in [5.41, 5.74) is 1.33. The Labute approximate surface area is 144 Å². The molecule has 0 bridgehead atoms. The van der Waals surface area contributed by atoms with E-state index in [1.807, 2.05) is 31.2 Å². The summed E-state index contributed by atoms with van der Waals surface area (Å²) in [6.45, 7) is 2.12. The minimum absolute atomic E-state index is 0.0882. The predicted octanol–water partition coefficient (Wildman–Crippen LogP) is 2.80. The number of nitrogens with zero attached hydrogens (tertiary/aromatic N) is 2. The molecule has 1 atom stereocenters. The van der Waals surface area contributed by atoms with Crippen LogP contribution in [-0.2, 0) is 6.54 Å². The predicted molar refractivity (Wildman–Crippen MR) is 93.7 cm³/mol. The van der Waals surface area contributed by atoms with E-state index in [0.29, 0.717) is 21.7 Å². The topological polar surface area (TPSA) is 64.3 Å². The number of halogens is 1. The molecule has 1 aromatic heterocycles. The molecule has 0 radical (unpaired) electrons. The summed E-state index contributed by atoms with van der Waals surface area (Å²) in [6, 6.07) is 12.5. The summed E-state index contributed by atoms with van der Waals surface area (Å²) in [5.74, 6) is 0.715. The second kappa shape index (κ2) is 7.03. The first-order chi connectivity index (χ1) is 11.5. The fourth-order valence-corrected chi connectivity index (χ4v) is 2.62. The highest BCUT2D eigenvalue weighted by Crippen LogP contribution is 2.17. The number of rotatable bonds is 5. The minimum atomic E-state index is -0.833. The fourth-order valence-electron chi connectivity index (χ4n) is 2.45. The molecule has 3 aromatic rings. The maximum atomic E-state index is 12.5. The van der Waals surface area contributed by atoms with Gasteiger partial charge in [-0.15, -0.1) is 0 Å². The zero-order valence-electron chi connectivity index (χ0n) is 13.1. The van der Waals surface area contributed by atoms with Gasteiger partial charge in [-0.25, -0.2) is 4.98 Å². The van der Waals surface area contributed by atoms with Crippen LogP contribution in [0.5, 0.6) is 5.75 Å². The number of para-hydroxylation sites is 1. The summed E-state index contributed by atoms with van der Waals surface area (Å²) in [5, 5.41) is 11.1. The highest BCUT2D eigenvalue weighted by atomic mass is 35.5. The van der Waals surface area contributed by atoms with Gasteiger partial charge >= 0.3 is 0 Å². The van der Waals surface area contributed by atoms with Crippen LogP contribution in [0.2, 0.25) is 5.02 Å². The summed E-state index contributed by atoms with van der Waals surface area (Å²) < 4.78 is 6.98. The van der Waals surface area contributed by atoms with E-state index in [9.17, 15) is 9.90 Å². The first-order valence-corrected chi connectivity index (χ1v) is 7.93. The van der Waals surface area contributed by atoms with E-state index >= 15 is 0 Å². The summed E-state index contributed by atoms with van der Waals surface area (Å²) >= 11 is 5.94. The van der Waals surface area contributed by atoms with E-state index in [4.69, 9.17) is 16.3 Å². The van der Waals surface area contributed by atoms with Crippen molar-refractivity contribution in [2.24, 2.45) is 0 Å². The van der Waals surface area contributed by atoms with Crippen LogP contribution >= 0.6 is 11.6 Å². The Hall–Kier alpha value is -2.37. The zero-order valence-corrected chi connectivity index (χ0v) is 13.9. The van der Waals surface area contributed by atoms with Crippen LogP contribution in [0.25, 0.3) is 10.9 Å². The molecule has 0 fully saturated rings. The molecule has 124 valence electrons. The zero-order chi connectivity index (χ0) is 17.1. The third-order valence-corrected chi connectivity index (χ3v) is 3.95. The third-order valence-electron chi connectivity index (χ3n) is 3.72. The van der Waals surface area contributed by atoms with Gasteiger partial charge in [0.2, 0.25) is 0 Å². The van der Waals surface area contributed by atoms with Crippen molar-refractivity contribution in [2.45, 2.75) is 19.6 Å². The minimum Gasteiger partial charge on any atom is -0.491 e. The van der Waals surface area contributed by atoms with Crippen LogP contribution in [0.1, 0.15) is 5.56 Å². The van der Waals surface area contributed by atoms with Crippen LogP contribution in [0.4, 0.5) is 0 Å². The number of aromatic nitrogens is 2. The van der Waals surface area contributed by atoms with E-state index < -0.39 is 6.10 Å². The molecule has 0 aliphatic heterocycles. The van der Waals surface area contributed by atoms with Crippen LogP contribution in [0.15, 0.2) is 53.6 Å².